The molecule has 0 aliphatic carbocycles. The molecule has 0 saturated heterocycles. The number of aromatic nitrogens is 1. The molecule has 0 fully saturated rings. The lowest BCUT2D eigenvalue weighted by molar-refractivity contribution is -0.126. The maximum Gasteiger partial charge on any atom is 0.261 e. The van der Waals surface area contributed by atoms with Crippen molar-refractivity contribution in [1.29, 1.82) is 0 Å². The van der Waals surface area contributed by atoms with Crippen LogP contribution in [0.1, 0.15) is 5.56 Å². The van der Waals surface area contributed by atoms with E-state index in [9.17, 15) is 4.79 Å². The van der Waals surface area contributed by atoms with E-state index in [0.29, 0.717) is 6.42 Å². The van der Waals surface area contributed by atoms with Crippen molar-refractivity contribution >= 4 is 5.91 Å². The SMILES string of the molecule is CNC(=O)C1Cc2ccncc2O1. The van der Waals surface area contributed by atoms with E-state index in [2.05, 4.69) is 10.3 Å². The molecule has 1 amide bonds. The third kappa shape index (κ3) is 1.35. The summed E-state index contributed by atoms with van der Waals surface area (Å²) < 4.78 is 5.39. The van der Waals surface area contributed by atoms with Crippen LogP contribution in [0.25, 0.3) is 0 Å². The largest absolute Gasteiger partial charge is 0.478 e. The molecule has 2 heterocycles. The summed E-state index contributed by atoms with van der Waals surface area (Å²) in [5.74, 6) is 0.632. The number of hydrogen-bond donors (Lipinski definition) is 1. The highest BCUT2D eigenvalue weighted by molar-refractivity contribution is 5.82. The molecule has 4 heteroatoms. The molecule has 1 aromatic heterocycles. The first-order valence-electron chi connectivity index (χ1n) is 4.12. The van der Waals surface area contributed by atoms with Gasteiger partial charge in [0.15, 0.2) is 6.10 Å². The van der Waals surface area contributed by atoms with E-state index in [0.717, 1.165) is 11.3 Å². The fourth-order valence-corrected chi connectivity index (χ4v) is 1.39. The fourth-order valence-electron chi connectivity index (χ4n) is 1.39. The minimum atomic E-state index is -0.385. The van der Waals surface area contributed by atoms with E-state index >= 15 is 0 Å². The molecule has 2 rings (SSSR count). The molecule has 0 aromatic carbocycles. The van der Waals surface area contributed by atoms with Gasteiger partial charge in [-0.2, -0.15) is 0 Å². The van der Waals surface area contributed by atoms with E-state index in [4.69, 9.17) is 4.74 Å². The Morgan fingerprint density at radius 1 is 1.77 bits per heavy atom. The van der Waals surface area contributed by atoms with Gasteiger partial charge in [0.1, 0.15) is 5.75 Å². The summed E-state index contributed by atoms with van der Waals surface area (Å²) in [6.07, 6.45) is 3.59. The Balaban J connectivity index is 2.18. The van der Waals surface area contributed by atoms with Crippen molar-refractivity contribution < 1.29 is 9.53 Å². The summed E-state index contributed by atoms with van der Waals surface area (Å²) in [5, 5.41) is 2.56. The first-order valence-corrected chi connectivity index (χ1v) is 4.12. The van der Waals surface area contributed by atoms with Gasteiger partial charge in [0.2, 0.25) is 0 Å². The number of likely N-dealkylation sites (N-methyl/N-ethyl adjacent to an activating group) is 1. The predicted molar refractivity (Wildman–Crippen MR) is 46.4 cm³/mol. The summed E-state index contributed by atoms with van der Waals surface area (Å²) in [4.78, 5) is 15.1. The van der Waals surface area contributed by atoms with E-state index in [1.54, 1.807) is 19.4 Å². The van der Waals surface area contributed by atoms with Crippen LogP contribution in [0.4, 0.5) is 0 Å². The van der Waals surface area contributed by atoms with Crippen LogP contribution in [0.15, 0.2) is 18.5 Å². The average Bonchev–Trinajstić information content (AvgIpc) is 2.59. The molecule has 1 atom stereocenters. The van der Waals surface area contributed by atoms with E-state index in [-0.39, 0.29) is 12.0 Å². The molecular weight excluding hydrogens is 168 g/mol. The molecule has 0 bridgehead atoms. The van der Waals surface area contributed by atoms with E-state index in [1.807, 2.05) is 6.07 Å². The standard InChI is InChI=1S/C9H10N2O2/c1-10-9(12)7-4-6-2-3-11-5-8(6)13-7/h2-3,5,7H,4H2,1H3,(H,10,12). The van der Waals surface area contributed by atoms with Gasteiger partial charge in [0.25, 0.3) is 5.91 Å². The molecule has 1 unspecified atom stereocenters. The average molecular weight is 178 g/mol. The van der Waals surface area contributed by atoms with Crippen molar-refractivity contribution in [2.24, 2.45) is 0 Å². The van der Waals surface area contributed by atoms with Crippen LogP contribution in [-0.4, -0.2) is 24.0 Å². The smallest absolute Gasteiger partial charge is 0.261 e. The summed E-state index contributed by atoms with van der Waals surface area (Å²) in [6, 6.07) is 1.87. The van der Waals surface area contributed by atoms with E-state index in [1.165, 1.54) is 0 Å². The van der Waals surface area contributed by atoms with Gasteiger partial charge in [-0.1, -0.05) is 0 Å². The van der Waals surface area contributed by atoms with Crippen LogP contribution >= 0.6 is 0 Å². The summed E-state index contributed by atoms with van der Waals surface area (Å²) >= 11 is 0. The zero-order valence-electron chi connectivity index (χ0n) is 7.28. The third-order valence-corrected chi connectivity index (χ3v) is 2.08. The van der Waals surface area contributed by atoms with Gasteiger partial charge in [0.05, 0.1) is 6.20 Å². The Morgan fingerprint density at radius 2 is 2.62 bits per heavy atom. The van der Waals surface area contributed by atoms with Crippen molar-refractivity contribution in [3.63, 3.8) is 0 Å². The van der Waals surface area contributed by atoms with Gasteiger partial charge < -0.3 is 10.1 Å². The molecule has 13 heavy (non-hydrogen) atoms. The zero-order chi connectivity index (χ0) is 9.26. The van der Waals surface area contributed by atoms with Crippen LogP contribution < -0.4 is 10.1 Å². The monoisotopic (exact) mass is 178 g/mol. The highest BCUT2D eigenvalue weighted by Gasteiger charge is 2.27. The van der Waals surface area contributed by atoms with Gasteiger partial charge in [-0.25, -0.2) is 0 Å². The molecule has 1 aliphatic rings. The molecule has 68 valence electrons. The van der Waals surface area contributed by atoms with Crippen LogP contribution in [0, 0.1) is 0 Å². The zero-order valence-corrected chi connectivity index (χ0v) is 7.28. The number of amides is 1. The van der Waals surface area contributed by atoms with Gasteiger partial charge in [0, 0.05) is 25.2 Å². The number of nitrogens with zero attached hydrogens (tertiary/aromatic N) is 1. The Morgan fingerprint density at radius 3 is 3.31 bits per heavy atom. The molecule has 0 radical (unpaired) electrons. The molecule has 1 aliphatic heterocycles. The number of carbonyl (C=O) groups is 1. The quantitative estimate of drug-likeness (QED) is 0.665. The fraction of sp³-hybridized carbons (Fsp3) is 0.333. The Hall–Kier alpha value is -1.58. The maximum atomic E-state index is 11.2. The van der Waals surface area contributed by atoms with Crippen molar-refractivity contribution in [2.75, 3.05) is 7.05 Å². The molecule has 4 nitrogen and oxygen atoms in total. The van der Waals surface area contributed by atoms with Crippen molar-refractivity contribution in [3.05, 3.63) is 24.0 Å². The predicted octanol–water partition coefficient (Wildman–Crippen LogP) is 0.131. The Labute approximate surface area is 75.9 Å². The highest BCUT2D eigenvalue weighted by Crippen LogP contribution is 2.26. The molecular formula is C9H10N2O2. The first kappa shape index (κ1) is 8.04. The van der Waals surface area contributed by atoms with Gasteiger partial charge in [-0.05, 0) is 6.07 Å². The first-order chi connectivity index (χ1) is 6.31. The Kier molecular flexibility index (Phi) is 1.88. The lowest BCUT2D eigenvalue weighted by atomic mass is 10.1. The van der Waals surface area contributed by atoms with Crippen molar-refractivity contribution in [1.82, 2.24) is 10.3 Å². The van der Waals surface area contributed by atoms with Crippen molar-refractivity contribution in [2.45, 2.75) is 12.5 Å². The summed E-state index contributed by atoms with van der Waals surface area (Å²) in [6.45, 7) is 0. The number of rotatable bonds is 1. The number of fused-ring (bicyclic) bond motifs is 1. The number of pyridine rings is 1. The van der Waals surface area contributed by atoms with Gasteiger partial charge in [-0.15, -0.1) is 0 Å². The molecule has 1 N–H and O–H groups in total. The second-order valence-corrected chi connectivity index (χ2v) is 2.91. The second-order valence-electron chi connectivity index (χ2n) is 2.91. The van der Waals surface area contributed by atoms with Crippen LogP contribution in [0.2, 0.25) is 0 Å². The van der Waals surface area contributed by atoms with E-state index < -0.39 is 0 Å². The lowest BCUT2D eigenvalue weighted by Gasteiger charge is -2.07. The number of carbonyl (C=O) groups excluding carboxylic acids is 1. The second kappa shape index (κ2) is 3.05. The molecule has 0 saturated carbocycles. The van der Waals surface area contributed by atoms with Crippen molar-refractivity contribution in [3.8, 4) is 5.75 Å². The van der Waals surface area contributed by atoms with Crippen LogP contribution in [0.3, 0.4) is 0 Å². The lowest BCUT2D eigenvalue weighted by Crippen LogP contribution is -2.34. The number of nitrogens with one attached hydrogen (secondary N) is 1. The summed E-state index contributed by atoms with van der Waals surface area (Å²) in [5.41, 5.74) is 1.05. The molecule has 0 spiro atoms. The number of hydrogen-bond acceptors (Lipinski definition) is 3. The van der Waals surface area contributed by atoms with Gasteiger partial charge >= 0.3 is 0 Å². The minimum Gasteiger partial charge on any atom is -0.478 e. The van der Waals surface area contributed by atoms with Gasteiger partial charge in [-0.3, -0.25) is 9.78 Å². The third-order valence-electron chi connectivity index (χ3n) is 2.08. The highest BCUT2D eigenvalue weighted by atomic mass is 16.5. The van der Waals surface area contributed by atoms with Crippen LogP contribution in [0.5, 0.6) is 5.75 Å². The number of ether oxygens (including phenoxy) is 1. The maximum absolute atomic E-state index is 11.2. The van der Waals surface area contributed by atoms with Crippen LogP contribution in [-0.2, 0) is 11.2 Å². The minimum absolute atomic E-state index is 0.0869. The normalized spacial score (nSPS) is 19.0. The topological polar surface area (TPSA) is 51.2 Å². The summed E-state index contributed by atoms with van der Waals surface area (Å²) in [7, 11) is 1.60. The Bertz CT molecular complexity index is 313. The molecule has 1 aromatic rings.